The average Bonchev–Trinajstić information content (AvgIpc) is 3.07. The molecule has 1 heterocycles. The van der Waals surface area contributed by atoms with E-state index in [1.54, 1.807) is 18.4 Å². The minimum Gasteiger partial charge on any atom is -0.374 e. The van der Waals surface area contributed by atoms with Crippen LogP contribution < -0.4 is 21.7 Å². The number of benzene rings is 1. The van der Waals surface area contributed by atoms with E-state index in [1.807, 2.05) is 32.0 Å². The standard InChI is InChI=1S/C19H24N4O3S/c1-4-6-16(24)22-15-8-5-7-14(11(15)2)21-12(3)18(26)23-19-13(17(20)25)9-10-27-19/h5,7-10,12,21H,4,6H2,1-3H3,(H2,20,25)(H,22,24)(H,23,26). The number of nitrogens with one attached hydrogen (secondary N) is 3. The molecular formula is C19H24N4O3S. The van der Waals surface area contributed by atoms with Crippen molar-refractivity contribution < 1.29 is 14.4 Å². The van der Waals surface area contributed by atoms with Crippen LogP contribution >= 0.6 is 11.3 Å². The lowest BCUT2D eigenvalue weighted by atomic mass is 10.1. The third-order valence-corrected chi connectivity index (χ3v) is 4.85. The lowest BCUT2D eigenvalue weighted by Crippen LogP contribution is -2.32. The van der Waals surface area contributed by atoms with Crippen molar-refractivity contribution in [2.75, 3.05) is 16.0 Å². The van der Waals surface area contributed by atoms with Crippen molar-refractivity contribution >= 4 is 45.4 Å². The maximum Gasteiger partial charge on any atom is 0.251 e. The number of carbonyl (C=O) groups excluding carboxylic acids is 3. The van der Waals surface area contributed by atoms with Crippen molar-refractivity contribution in [2.45, 2.75) is 39.7 Å². The first kappa shape index (κ1) is 20.4. The van der Waals surface area contributed by atoms with Gasteiger partial charge >= 0.3 is 0 Å². The van der Waals surface area contributed by atoms with Gasteiger partial charge in [-0.05, 0) is 49.4 Å². The molecule has 2 rings (SSSR count). The monoisotopic (exact) mass is 388 g/mol. The van der Waals surface area contributed by atoms with Crippen LogP contribution in [0.3, 0.4) is 0 Å². The summed E-state index contributed by atoms with van der Waals surface area (Å²) in [5.74, 6) is -0.918. The van der Waals surface area contributed by atoms with E-state index in [1.165, 1.54) is 11.3 Å². The zero-order valence-electron chi connectivity index (χ0n) is 15.6. The van der Waals surface area contributed by atoms with E-state index in [4.69, 9.17) is 5.73 Å². The van der Waals surface area contributed by atoms with Crippen LogP contribution in [0, 0.1) is 6.92 Å². The zero-order chi connectivity index (χ0) is 20.0. The van der Waals surface area contributed by atoms with Crippen molar-refractivity contribution in [3.05, 3.63) is 40.8 Å². The number of primary amides is 1. The van der Waals surface area contributed by atoms with E-state index in [2.05, 4.69) is 16.0 Å². The molecule has 0 saturated carbocycles. The molecule has 1 aromatic heterocycles. The normalized spacial score (nSPS) is 11.5. The number of hydrogen-bond donors (Lipinski definition) is 4. The molecule has 0 aliphatic heterocycles. The van der Waals surface area contributed by atoms with Crippen molar-refractivity contribution in [1.29, 1.82) is 0 Å². The fraction of sp³-hybridized carbons (Fsp3) is 0.316. The van der Waals surface area contributed by atoms with Gasteiger partial charge in [0.25, 0.3) is 5.91 Å². The molecule has 5 N–H and O–H groups in total. The first-order valence-corrected chi connectivity index (χ1v) is 9.55. The largest absolute Gasteiger partial charge is 0.374 e. The quantitative estimate of drug-likeness (QED) is 0.555. The SMILES string of the molecule is CCCC(=O)Nc1cccc(NC(C)C(=O)Nc2sccc2C(N)=O)c1C. The fourth-order valence-corrected chi connectivity index (χ4v) is 3.28. The van der Waals surface area contributed by atoms with E-state index >= 15 is 0 Å². The molecule has 1 unspecified atom stereocenters. The highest BCUT2D eigenvalue weighted by atomic mass is 32.1. The van der Waals surface area contributed by atoms with Crippen LogP contribution in [-0.2, 0) is 9.59 Å². The maximum atomic E-state index is 12.5. The molecule has 0 saturated heterocycles. The Kier molecular flexibility index (Phi) is 6.95. The summed E-state index contributed by atoms with van der Waals surface area (Å²) in [4.78, 5) is 35.7. The number of thiophene rings is 1. The highest BCUT2D eigenvalue weighted by Crippen LogP contribution is 2.26. The number of hydrogen-bond acceptors (Lipinski definition) is 5. The van der Waals surface area contributed by atoms with E-state index < -0.39 is 11.9 Å². The smallest absolute Gasteiger partial charge is 0.251 e. The molecule has 27 heavy (non-hydrogen) atoms. The van der Waals surface area contributed by atoms with Gasteiger partial charge in [0.05, 0.1) is 5.56 Å². The Morgan fingerprint density at radius 3 is 2.52 bits per heavy atom. The Hall–Kier alpha value is -2.87. The average molecular weight is 388 g/mol. The van der Waals surface area contributed by atoms with Crippen LogP contribution in [0.2, 0.25) is 0 Å². The van der Waals surface area contributed by atoms with Gasteiger partial charge in [0.2, 0.25) is 11.8 Å². The molecule has 7 nitrogen and oxygen atoms in total. The van der Waals surface area contributed by atoms with E-state index in [9.17, 15) is 14.4 Å². The summed E-state index contributed by atoms with van der Waals surface area (Å²) >= 11 is 1.24. The summed E-state index contributed by atoms with van der Waals surface area (Å²) in [5, 5.41) is 10.9. The van der Waals surface area contributed by atoms with Gasteiger partial charge in [0.15, 0.2) is 0 Å². The van der Waals surface area contributed by atoms with Crippen molar-refractivity contribution in [2.24, 2.45) is 5.73 Å². The van der Waals surface area contributed by atoms with Gasteiger partial charge < -0.3 is 21.7 Å². The summed E-state index contributed by atoms with van der Waals surface area (Å²) in [6.07, 6.45) is 1.23. The minimum atomic E-state index is -0.585. The van der Waals surface area contributed by atoms with E-state index in [0.29, 0.717) is 17.1 Å². The third-order valence-electron chi connectivity index (χ3n) is 4.02. The molecular weight excluding hydrogens is 364 g/mol. The Morgan fingerprint density at radius 2 is 1.85 bits per heavy atom. The van der Waals surface area contributed by atoms with Gasteiger partial charge in [-0.3, -0.25) is 14.4 Å². The third kappa shape index (κ3) is 5.30. The highest BCUT2D eigenvalue weighted by Gasteiger charge is 2.18. The molecule has 1 aromatic carbocycles. The van der Waals surface area contributed by atoms with Gasteiger partial charge in [0, 0.05) is 17.8 Å². The Balaban J connectivity index is 2.07. The molecule has 0 spiro atoms. The lowest BCUT2D eigenvalue weighted by molar-refractivity contribution is -0.117. The van der Waals surface area contributed by atoms with Gasteiger partial charge in [0.1, 0.15) is 11.0 Å². The molecule has 3 amide bonds. The minimum absolute atomic E-state index is 0.0415. The lowest BCUT2D eigenvalue weighted by Gasteiger charge is -2.18. The molecule has 0 bridgehead atoms. The van der Waals surface area contributed by atoms with E-state index in [0.717, 1.165) is 17.7 Å². The topological polar surface area (TPSA) is 113 Å². The summed E-state index contributed by atoms with van der Waals surface area (Å²) in [6, 6.07) is 6.49. The highest BCUT2D eigenvalue weighted by molar-refractivity contribution is 7.14. The van der Waals surface area contributed by atoms with Gasteiger partial charge in [-0.25, -0.2) is 0 Å². The second-order valence-electron chi connectivity index (χ2n) is 6.16. The van der Waals surface area contributed by atoms with E-state index in [-0.39, 0.29) is 17.4 Å². The van der Waals surface area contributed by atoms with Crippen LogP contribution in [-0.4, -0.2) is 23.8 Å². The predicted molar refractivity (Wildman–Crippen MR) is 109 cm³/mol. The van der Waals surface area contributed by atoms with Crippen molar-refractivity contribution in [3.8, 4) is 0 Å². The summed E-state index contributed by atoms with van der Waals surface area (Å²) < 4.78 is 0. The van der Waals surface area contributed by atoms with Crippen molar-refractivity contribution in [3.63, 3.8) is 0 Å². The molecule has 0 fully saturated rings. The number of carbonyl (C=O) groups is 3. The van der Waals surface area contributed by atoms with Crippen LogP contribution in [0.25, 0.3) is 0 Å². The van der Waals surface area contributed by atoms with Crippen molar-refractivity contribution in [1.82, 2.24) is 0 Å². The van der Waals surface area contributed by atoms with Crippen LogP contribution in [0.15, 0.2) is 29.6 Å². The Labute approximate surface area is 162 Å². The summed E-state index contributed by atoms with van der Waals surface area (Å²) in [7, 11) is 0. The second-order valence-corrected chi connectivity index (χ2v) is 7.08. The first-order valence-electron chi connectivity index (χ1n) is 8.67. The number of rotatable bonds is 8. The summed E-state index contributed by atoms with van der Waals surface area (Å²) in [5.41, 5.74) is 7.88. The molecule has 144 valence electrons. The summed E-state index contributed by atoms with van der Waals surface area (Å²) in [6.45, 7) is 5.54. The first-order chi connectivity index (χ1) is 12.8. The molecule has 0 aliphatic rings. The molecule has 2 aromatic rings. The predicted octanol–water partition coefficient (Wildman–Crippen LogP) is 3.33. The number of anilines is 3. The van der Waals surface area contributed by atoms with Gasteiger partial charge in [-0.15, -0.1) is 11.3 Å². The Bertz CT molecular complexity index is 847. The maximum absolute atomic E-state index is 12.5. The van der Waals surface area contributed by atoms with Gasteiger partial charge in [-0.2, -0.15) is 0 Å². The van der Waals surface area contributed by atoms with Crippen LogP contribution in [0.1, 0.15) is 42.6 Å². The second kappa shape index (κ2) is 9.18. The van der Waals surface area contributed by atoms with Crippen LogP contribution in [0.5, 0.6) is 0 Å². The molecule has 0 radical (unpaired) electrons. The molecule has 8 heteroatoms. The Morgan fingerprint density at radius 1 is 1.15 bits per heavy atom. The van der Waals surface area contributed by atoms with Crippen LogP contribution in [0.4, 0.5) is 16.4 Å². The number of nitrogens with two attached hydrogens (primary N) is 1. The molecule has 1 atom stereocenters. The fourth-order valence-electron chi connectivity index (χ4n) is 2.49. The van der Waals surface area contributed by atoms with Gasteiger partial charge in [-0.1, -0.05) is 13.0 Å². The molecule has 0 aliphatic carbocycles. The number of amides is 3. The zero-order valence-corrected chi connectivity index (χ0v) is 16.4.